The third kappa shape index (κ3) is 3.79. The molecule has 1 heterocycles. The first-order valence-electron chi connectivity index (χ1n) is 8.35. The van der Waals surface area contributed by atoms with Gasteiger partial charge in [-0.05, 0) is 48.4 Å². The highest BCUT2D eigenvalue weighted by molar-refractivity contribution is 6.36. The average molecular weight is 411 g/mol. The van der Waals surface area contributed by atoms with E-state index in [0.29, 0.717) is 38.1 Å². The Morgan fingerprint density at radius 1 is 1.18 bits per heavy atom. The first kappa shape index (κ1) is 19.7. The smallest absolute Gasteiger partial charge is 0.221 e. The number of carbonyl (C=O) groups excluding carboxylic acids is 1. The van der Waals surface area contributed by atoms with Gasteiger partial charge in [0, 0.05) is 28.8 Å². The molecule has 140 valence electrons. The van der Waals surface area contributed by atoms with Crippen molar-refractivity contribution in [2.45, 2.75) is 13.8 Å². The summed E-state index contributed by atoms with van der Waals surface area (Å²) >= 11 is 12.4. The quantitative estimate of drug-likeness (QED) is 0.600. The van der Waals surface area contributed by atoms with Gasteiger partial charge >= 0.3 is 0 Å². The maximum absolute atomic E-state index is 11.2. The Bertz CT molecular complexity index is 1120. The van der Waals surface area contributed by atoms with Gasteiger partial charge in [-0.15, -0.1) is 0 Å². The van der Waals surface area contributed by atoms with Crippen LogP contribution in [-0.2, 0) is 4.79 Å². The zero-order valence-corrected chi connectivity index (χ0v) is 16.7. The van der Waals surface area contributed by atoms with E-state index in [2.05, 4.69) is 16.4 Å². The lowest BCUT2D eigenvalue weighted by molar-refractivity contribution is -0.114. The number of hydrogen-bond acceptors (Lipinski definition) is 4. The summed E-state index contributed by atoms with van der Waals surface area (Å²) < 4.78 is 0. The van der Waals surface area contributed by atoms with E-state index in [0.717, 1.165) is 11.1 Å². The fourth-order valence-corrected chi connectivity index (χ4v) is 3.53. The number of aromatic nitrogens is 1. The molecule has 0 aliphatic heterocycles. The summed E-state index contributed by atoms with van der Waals surface area (Å²) in [5, 5.41) is 13.3. The molecule has 0 bridgehead atoms. The third-order valence-corrected chi connectivity index (χ3v) is 4.81. The van der Waals surface area contributed by atoms with E-state index >= 15 is 0 Å². The Morgan fingerprint density at radius 2 is 1.86 bits per heavy atom. The van der Waals surface area contributed by atoms with Crippen LogP contribution >= 0.6 is 23.2 Å². The molecular formula is C21H16Cl2N4O. The lowest BCUT2D eigenvalue weighted by atomic mass is 9.92. The Kier molecular flexibility index (Phi) is 5.55. The van der Waals surface area contributed by atoms with Crippen molar-refractivity contribution in [2.24, 2.45) is 0 Å². The fraction of sp³-hybridized carbons (Fsp3) is 0.0952. The second-order valence-electron chi connectivity index (χ2n) is 6.22. The van der Waals surface area contributed by atoms with E-state index in [9.17, 15) is 10.1 Å². The molecule has 1 amide bonds. The molecule has 3 aromatic rings. The normalized spacial score (nSPS) is 10.4. The van der Waals surface area contributed by atoms with Crippen LogP contribution in [0.5, 0.6) is 0 Å². The number of nitrogens with two attached hydrogens (primary N) is 1. The van der Waals surface area contributed by atoms with Crippen molar-refractivity contribution in [1.82, 2.24) is 4.98 Å². The molecule has 3 rings (SSSR count). The van der Waals surface area contributed by atoms with Crippen LogP contribution in [0.4, 0.5) is 11.5 Å². The largest absolute Gasteiger partial charge is 0.383 e. The lowest BCUT2D eigenvalue weighted by Crippen LogP contribution is -2.06. The Labute approximate surface area is 172 Å². The lowest BCUT2D eigenvalue weighted by Gasteiger charge is -2.16. The summed E-state index contributed by atoms with van der Waals surface area (Å²) in [6.45, 7) is 3.31. The summed E-state index contributed by atoms with van der Waals surface area (Å²) in [7, 11) is 0. The standard InChI is InChI=1S/C21H16Cl2N4O/c1-11-19(13-3-6-15(7-4-13)26-12(2)28)17(10-24)21(25)27-20(11)16-8-5-14(22)9-18(16)23/h3-9H,1-2H3,(H2,25,27)(H,26,28). The minimum absolute atomic E-state index is 0.120. The highest BCUT2D eigenvalue weighted by Crippen LogP contribution is 2.38. The van der Waals surface area contributed by atoms with Crippen molar-refractivity contribution >= 4 is 40.6 Å². The van der Waals surface area contributed by atoms with Gasteiger partial charge in [-0.25, -0.2) is 4.98 Å². The molecule has 0 radical (unpaired) electrons. The van der Waals surface area contributed by atoms with Gasteiger partial charge < -0.3 is 11.1 Å². The van der Waals surface area contributed by atoms with Crippen molar-refractivity contribution in [1.29, 1.82) is 5.26 Å². The van der Waals surface area contributed by atoms with Crippen LogP contribution in [-0.4, -0.2) is 10.9 Å². The molecule has 28 heavy (non-hydrogen) atoms. The number of nitrogens with one attached hydrogen (secondary N) is 1. The minimum Gasteiger partial charge on any atom is -0.383 e. The molecule has 0 fully saturated rings. The molecule has 1 aromatic heterocycles. The van der Waals surface area contributed by atoms with Gasteiger partial charge in [0.2, 0.25) is 5.91 Å². The van der Waals surface area contributed by atoms with Crippen LogP contribution in [0.2, 0.25) is 10.0 Å². The van der Waals surface area contributed by atoms with Crippen LogP contribution < -0.4 is 11.1 Å². The first-order chi connectivity index (χ1) is 13.3. The van der Waals surface area contributed by atoms with Crippen molar-refractivity contribution in [3.63, 3.8) is 0 Å². The van der Waals surface area contributed by atoms with E-state index in [-0.39, 0.29) is 11.7 Å². The van der Waals surface area contributed by atoms with Crippen LogP contribution in [0.15, 0.2) is 42.5 Å². The van der Waals surface area contributed by atoms with E-state index in [1.165, 1.54) is 6.92 Å². The maximum Gasteiger partial charge on any atom is 0.221 e. The van der Waals surface area contributed by atoms with E-state index in [1.54, 1.807) is 30.3 Å². The number of halogens is 2. The Hall–Kier alpha value is -3.07. The molecule has 0 aliphatic rings. The van der Waals surface area contributed by atoms with Gasteiger partial charge in [0.1, 0.15) is 17.5 Å². The van der Waals surface area contributed by atoms with E-state index in [1.807, 2.05) is 19.1 Å². The molecule has 0 unspecified atom stereocenters. The second-order valence-corrected chi connectivity index (χ2v) is 7.06. The van der Waals surface area contributed by atoms with Crippen molar-refractivity contribution < 1.29 is 4.79 Å². The molecule has 0 aliphatic carbocycles. The SMILES string of the molecule is CC(=O)Nc1ccc(-c2c(C)c(-c3ccc(Cl)cc3Cl)nc(N)c2C#N)cc1. The van der Waals surface area contributed by atoms with Crippen LogP contribution in [0.25, 0.3) is 22.4 Å². The van der Waals surface area contributed by atoms with Gasteiger partial charge in [0.05, 0.1) is 10.7 Å². The molecule has 0 atom stereocenters. The summed E-state index contributed by atoms with van der Waals surface area (Å²) in [5.41, 5.74) is 10.5. The van der Waals surface area contributed by atoms with Crippen LogP contribution in [0.3, 0.4) is 0 Å². The number of rotatable bonds is 3. The number of nitrogens with zero attached hydrogens (tertiary/aromatic N) is 2. The zero-order valence-electron chi connectivity index (χ0n) is 15.2. The molecule has 3 N–H and O–H groups in total. The van der Waals surface area contributed by atoms with E-state index in [4.69, 9.17) is 28.9 Å². The predicted octanol–water partition coefficient (Wildman–Crippen LogP) is 5.44. The number of amides is 1. The van der Waals surface area contributed by atoms with Gasteiger partial charge in [-0.3, -0.25) is 4.79 Å². The summed E-state index contributed by atoms with van der Waals surface area (Å²) in [5.74, 6) is -0.0375. The van der Waals surface area contributed by atoms with Gasteiger partial charge in [-0.2, -0.15) is 5.26 Å². The highest BCUT2D eigenvalue weighted by Gasteiger charge is 2.19. The second kappa shape index (κ2) is 7.89. The van der Waals surface area contributed by atoms with Gasteiger partial charge in [0.15, 0.2) is 0 Å². The van der Waals surface area contributed by atoms with E-state index < -0.39 is 0 Å². The van der Waals surface area contributed by atoms with Gasteiger partial charge in [-0.1, -0.05) is 35.3 Å². The van der Waals surface area contributed by atoms with Crippen LogP contribution in [0, 0.1) is 18.3 Å². The summed E-state index contributed by atoms with van der Waals surface area (Å²) in [4.78, 5) is 15.6. The van der Waals surface area contributed by atoms with Crippen molar-refractivity contribution in [3.05, 3.63) is 63.6 Å². The number of carbonyl (C=O) groups is 1. The number of nitrogen functional groups attached to an aromatic ring is 1. The maximum atomic E-state index is 11.2. The topological polar surface area (TPSA) is 91.8 Å². The van der Waals surface area contributed by atoms with Crippen molar-refractivity contribution in [2.75, 3.05) is 11.1 Å². The highest BCUT2D eigenvalue weighted by atomic mass is 35.5. The number of hydrogen-bond donors (Lipinski definition) is 2. The zero-order chi connectivity index (χ0) is 20.4. The first-order valence-corrected chi connectivity index (χ1v) is 9.11. The monoisotopic (exact) mass is 410 g/mol. The molecule has 5 nitrogen and oxygen atoms in total. The number of anilines is 2. The fourth-order valence-electron chi connectivity index (χ4n) is 3.04. The molecule has 0 saturated carbocycles. The van der Waals surface area contributed by atoms with Crippen LogP contribution in [0.1, 0.15) is 18.1 Å². The third-order valence-electron chi connectivity index (χ3n) is 4.26. The molecule has 7 heteroatoms. The number of benzene rings is 2. The average Bonchev–Trinajstić information content (AvgIpc) is 2.64. The minimum atomic E-state index is -0.158. The molecule has 0 spiro atoms. The van der Waals surface area contributed by atoms with Crippen molar-refractivity contribution in [3.8, 4) is 28.5 Å². The molecule has 2 aromatic carbocycles. The number of pyridine rings is 1. The molecular weight excluding hydrogens is 395 g/mol. The Balaban J connectivity index is 2.22. The van der Waals surface area contributed by atoms with Gasteiger partial charge in [0.25, 0.3) is 0 Å². The predicted molar refractivity (Wildman–Crippen MR) is 113 cm³/mol. The Morgan fingerprint density at radius 3 is 2.43 bits per heavy atom. The molecule has 0 saturated heterocycles. The summed E-state index contributed by atoms with van der Waals surface area (Å²) in [6.07, 6.45) is 0. The summed E-state index contributed by atoms with van der Waals surface area (Å²) in [6, 6.07) is 14.4. The number of nitriles is 1.